The molecule has 3 rings (SSSR count). The van der Waals surface area contributed by atoms with Gasteiger partial charge in [0.1, 0.15) is 5.69 Å². The van der Waals surface area contributed by atoms with Crippen molar-refractivity contribution < 1.29 is 9.90 Å². The summed E-state index contributed by atoms with van der Waals surface area (Å²) in [4.78, 5) is 16.4. The molecular formula is C21H23N3O2. The van der Waals surface area contributed by atoms with Crippen LogP contribution in [0.4, 0.5) is 10.5 Å². The number of rotatable bonds is 3. The zero-order valence-electron chi connectivity index (χ0n) is 14.6. The van der Waals surface area contributed by atoms with Gasteiger partial charge in [-0.25, -0.2) is 9.78 Å². The molecular weight excluding hydrogens is 326 g/mol. The summed E-state index contributed by atoms with van der Waals surface area (Å²) < 4.78 is 0. The fourth-order valence-electron chi connectivity index (χ4n) is 3.09. The van der Waals surface area contributed by atoms with Gasteiger partial charge in [-0.3, -0.25) is 0 Å². The highest BCUT2D eigenvalue weighted by Gasteiger charge is 2.21. The first-order valence-electron chi connectivity index (χ1n) is 8.94. The maximum absolute atomic E-state index is 12.2. The SMILES string of the molecule is O=C(Nc1cccc(C#Cc2ccccn2)c1)NC1CCC(CO)CC1. The van der Waals surface area contributed by atoms with Gasteiger partial charge in [-0.2, -0.15) is 0 Å². The third kappa shape index (κ3) is 5.33. The maximum Gasteiger partial charge on any atom is 0.319 e. The van der Waals surface area contributed by atoms with Crippen LogP contribution in [0.1, 0.15) is 36.9 Å². The highest BCUT2D eigenvalue weighted by Crippen LogP contribution is 2.23. The summed E-state index contributed by atoms with van der Waals surface area (Å²) in [5.74, 6) is 6.45. The quantitative estimate of drug-likeness (QED) is 0.745. The monoisotopic (exact) mass is 349 g/mol. The minimum atomic E-state index is -0.202. The second kappa shape index (κ2) is 9.02. The van der Waals surface area contributed by atoms with Crippen molar-refractivity contribution in [3.05, 3.63) is 59.9 Å². The van der Waals surface area contributed by atoms with Gasteiger partial charge in [0.25, 0.3) is 0 Å². The van der Waals surface area contributed by atoms with E-state index in [-0.39, 0.29) is 18.7 Å². The van der Waals surface area contributed by atoms with Crippen LogP contribution in [0.3, 0.4) is 0 Å². The van der Waals surface area contributed by atoms with Crippen molar-refractivity contribution in [2.75, 3.05) is 11.9 Å². The summed E-state index contributed by atoms with van der Waals surface area (Å²) in [6.45, 7) is 0.241. The van der Waals surface area contributed by atoms with Gasteiger partial charge in [0.05, 0.1) is 0 Å². The smallest absolute Gasteiger partial charge is 0.319 e. The molecule has 1 heterocycles. The van der Waals surface area contributed by atoms with Gasteiger partial charge in [-0.15, -0.1) is 0 Å². The van der Waals surface area contributed by atoms with E-state index in [1.807, 2.05) is 42.5 Å². The number of aliphatic hydroxyl groups excluding tert-OH is 1. The Balaban J connectivity index is 1.55. The van der Waals surface area contributed by atoms with E-state index < -0.39 is 0 Å². The Kier molecular flexibility index (Phi) is 6.24. The lowest BCUT2D eigenvalue weighted by Gasteiger charge is -2.27. The number of amides is 2. The number of anilines is 1. The third-order valence-corrected chi connectivity index (χ3v) is 4.56. The highest BCUT2D eigenvalue weighted by molar-refractivity contribution is 5.89. The van der Waals surface area contributed by atoms with E-state index in [2.05, 4.69) is 27.5 Å². The first-order chi connectivity index (χ1) is 12.7. The van der Waals surface area contributed by atoms with Crippen LogP contribution >= 0.6 is 0 Å². The predicted molar refractivity (Wildman–Crippen MR) is 102 cm³/mol. The van der Waals surface area contributed by atoms with E-state index >= 15 is 0 Å². The molecule has 1 saturated carbocycles. The molecule has 0 aliphatic heterocycles. The van der Waals surface area contributed by atoms with Crippen molar-refractivity contribution in [2.45, 2.75) is 31.7 Å². The fraction of sp³-hybridized carbons (Fsp3) is 0.333. The van der Waals surface area contributed by atoms with Gasteiger partial charge in [-0.05, 0) is 67.9 Å². The van der Waals surface area contributed by atoms with Gasteiger partial charge >= 0.3 is 6.03 Å². The number of nitrogens with one attached hydrogen (secondary N) is 2. The summed E-state index contributed by atoms with van der Waals surface area (Å²) in [6, 6.07) is 13.0. The fourth-order valence-corrected chi connectivity index (χ4v) is 3.09. The Morgan fingerprint density at radius 2 is 1.96 bits per heavy atom. The molecule has 1 aromatic carbocycles. The molecule has 1 aromatic heterocycles. The summed E-state index contributed by atoms with van der Waals surface area (Å²) >= 11 is 0. The number of urea groups is 1. The normalized spacial score (nSPS) is 19.1. The number of carbonyl (C=O) groups is 1. The lowest BCUT2D eigenvalue weighted by molar-refractivity contribution is 0.176. The summed E-state index contributed by atoms with van der Waals surface area (Å²) in [5.41, 5.74) is 2.23. The lowest BCUT2D eigenvalue weighted by atomic mass is 9.87. The Hall–Kier alpha value is -2.84. The number of aliphatic hydroxyl groups is 1. The molecule has 0 atom stereocenters. The molecule has 1 fully saturated rings. The van der Waals surface area contributed by atoms with Crippen LogP contribution in [-0.2, 0) is 0 Å². The second-order valence-electron chi connectivity index (χ2n) is 6.54. The van der Waals surface area contributed by atoms with E-state index in [9.17, 15) is 9.90 Å². The second-order valence-corrected chi connectivity index (χ2v) is 6.54. The molecule has 5 heteroatoms. The topological polar surface area (TPSA) is 74.2 Å². The molecule has 0 bridgehead atoms. The molecule has 134 valence electrons. The average molecular weight is 349 g/mol. The van der Waals surface area contributed by atoms with E-state index in [1.54, 1.807) is 6.20 Å². The summed E-state index contributed by atoms with van der Waals surface area (Å²) in [6.07, 6.45) is 5.45. The van der Waals surface area contributed by atoms with Crippen LogP contribution in [0, 0.1) is 17.8 Å². The minimum absolute atomic E-state index is 0.171. The van der Waals surface area contributed by atoms with Gasteiger partial charge < -0.3 is 15.7 Å². The lowest BCUT2D eigenvalue weighted by Crippen LogP contribution is -2.40. The number of aromatic nitrogens is 1. The van der Waals surface area contributed by atoms with Crippen LogP contribution < -0.4 is 10.6 Å². The Bertz CT molecular complexity index is 788. The highest BCUT2D eigenvalue weighted by atomic mass is 16.3. The largest absolute Gasteiger partial charge is 0.396 e. The molecule has 0 saturated heterocycles. The Labute approximate surface area is 153 Å². The maximum atomic E-state index is 12.2. The van der Waals surface area contributed by atoms with E-state index in [0.29, 0.717) is 17.3 Å². The molecule has 0 radical (unpaired) electrons. The Morgan fingerprint density at radius 3 is 2.69 bits per heavy atom. The first kappa shape index (κ1) is 18.0. The van der Waals surface area contributed by atoms with Crippen molar-refractivity contribution in [3.63, 3.8) is 0 Å². The number of carbonyl (C=O) groups excluding carboxylic acids is 1. The molecule has 1 aliphatic rings. The van der Waals surface area contributed by atoms with Gasteiger partial charge in [0, 0.05) is 30.1 Å². The zero-order valence-corrected chi connectivity index (χ0v) is 14.6. The molecule has 26 heavy (non-hydrogen) atoms. The van der Waals surface area contributed by atoms with Crippen LogP contribution in [-0.4, -0.2) is 28.8 Å². The van der Waals surface area contributed by atoms with Crippen molar-refractivity contribution >= 4 is 11.7 Å². The predicted octanol–water partition coefficient (Wildman–Crippen LogP) is 3.15. The van der Waals surface area contributed by atoms with E-state index in [4.69, 9.17) is 0 Å². The van der Waals surface area contributed by atoms with E-state index in [1.165, 1.54) is 0 Å². The number of benzene rings is 1. The molecule has 0 spiro atoms. The van der Waals surface area contributed by atoms with Gasteiger partial charge in [-0.1, -0.05) is 18.1 Å². The van der Waals surface area contributed by atoms with Crippen molar-refractivity contribution in [1.82, 2.24) is 10.3 Å². The molecule has 3 N–H and O–H groups in total. The number of nitrogens with zero attached hydrogens (tertiary/aromatic N) is 1. The molecule has 0 unspecified atom stereocenters. The van der Waals surface area contributed by atoms with E-state index in [0.717, 1.165) is 31.2 Å². The number of hydrogen-bond acceptors (Lipinski definition) is 3. The van der Waals surface area contributed by atoms with Gasteiger partial charge in [0.15, 0.2) is 0 Å². The average Bonchev–Trinajstić information content (AvgIpc) is 2.68. The number of hydrogen-bond donors (Lipinski definition) is 3. The molecule has 2 aromatic rings. The number of pyridine rings is 1. The van der Waals surface area contributed by atoms with Crippen molar-refractivity contribution in [2.24, 2.45) is 5.92 Å². The van der Waals surface area contributed by atoms with Crippen LogP contribution in [0.2, 0.25) is 0 Å². The van der Waals surface area contributed by atoms with Crippen molar-refractivity contribution in [1.29, 1.82) is 0 Å². The molecule has 1 aliphatic carbocycles. The minimum Gasteiger partial charge on any atom is -0.396 e. The van der Waals surface area contributed by atoms with Crippen LogP contribution in [0.5, 0.6) is 0 Å². The standard InChI is InChI=1S/C21H23N3O2/c25-15-17-8-11-19(12-9-17)23-21(26)24-20-6-3-4-16(14-20)7-10-18-5-1-2-13-22-18/h1-6,13-14,17,19,25H,8-9,11-12,15H2,(H2,23,24,26). The zero-order chi connectivity index (χ0) is 18.2. The third-order valence-electron chi connectivity index (χ3n) is 4.56. The van der Waals surface area contributed by atoms with Crippen molar-refractivity contribution in [3.8, 4) is 11.8 Å². The first-order valence-corrected chi connectivity index (χ1v) is 8.94. The van der Waals surface area contributed by atoms with Crippen LogP contribution in [0.15, 0.2) is 48.7 Å². The van der Waals surface area contributed by atoms with Crippen LogP contribution in [0.25, 0.3) is 0 Å². The Morgan fingerprint density at radius 1 is 1.12 bits per heavy atom. The summed E-state index contributed by atoms with van der Waals surface area (Å²) in [7, 11) is 0. The molecule has 5 nitrogen and oxygen atoms in total. The summed E-state index contributed by atoms with van der Waals surface area (Å²) in [5, 5.41) is 15.1. The van der Waals surface area contributed by atoms with Gasteiger partial charge in [0.2, 0.25) is 0 Å². The molecule has 2 amide bonds.